The van der Waals surface area contributed by atoms with E-state index in [2.05, 4.69) is 25.1 Å². The van der Waals surface area contributed by atoms with Gasteiger partial charge >= 0.3 is 5.69 Å². The molecule has 2 aromatic heterocycles. The van der Waals surface area contributed by atoms with Crippen LogP contribution in [0.5, 0.6) is 0 Å². The highest BCUT2D eigenvalue weighted by molar-refractivity contribution is 7.89. The zero-order valence-corrected chi connectivity index (χ0v) is 19.2. The summed E-state index contributed by atoms with van der Waals surface area (Å²) in [5, 5.41) is 8.89. The van der Waals surface area contributed by atoms with Gasteiger partial charge in [-0.25, -0.2) is 13.2 Å². The molecule has 1 fully saturated rings. The molecule has 0 amide bonds. The maximum absolute atomic E-state index is 13.1. The monoisotopic (exact) mass is 488 g/mol. The summed E-state index contributed by atoms with van der Waals surface area (Å²) < 4.78 is 33.6. The van der Waals surface area contributed by atoms with Crippen LogP contribution < -0.4 is 5.69 Å². The van der Waals surface area contributed by atoms with Crippen molar-refractivity contribution in [2.45, 2.75) is 17.9 Å². The summed E-state index contributed by atoms with van der Waals surface area (Å²) in [6.45, 7) is 3.62. The number of piperazine rings is 1. The van der Waals surface area contributed by atoms with Gasteiger partial charge < -0.3 is 14.4 Å². The van der Waals surface area contributed by atoms with Gasteiger partial charge in [0.1, 0.15) is 0 Å². The minimum atomic E-state index is -3.69. The molecule has 2 aromatic carbocycles. The highest BCUT2D eigenvalue weighted by atomic mass is 35.5. The second-order valence-electron chi connectivity index (χ2n) is 7.86. The van der Waals surface area contributed by atoms with E-state index in [4.69, 9.17) is 16.0 Å². The summed E-state index contributed by atoms with van der Waals surface area (Å²) in [4.78, 5) is 18.9. The molecule has 1 unspecified atom stereocenters. The first-order chi connectivity index (χ1) is 15.8. The van der Waals surface area contributed by atoms with Crippen LogP contribution in [-0.2, 0) is 10.0 Å². The minimum Gasteiger partial charge on any atom is -0.419 e. The number of imidazole rings is 1. The van der Waals surface area contributed by atoms with Crippen LogP contribution in [0.4, 0.5) is 0 Å². The molecule has 172 valence electrons. The third-order valence-electron chi connectivity index (χ3n) is 5.82. The summed E-state index contributed by atoms with van der Waals surface area (Å²) in [6, 6.07) is 11.6. The number of nitrogens with zero attached hydrogens (tertiary/aromatic N) is 4. The Kier molecular flexibility index (Phi) is 5.57. The van der Waals surface area contributed by atoms with E-state index in [1.165, 1.54) is 16.4 Å². The first kappa shape index (κ1) is 21.8. The van der Waals surface area contributed by atoms with E-state index in [0.29, 0.717) is 54.0 Å². The van der Waals surface area contributed by atoms with Crippen LogP contribution in [0.1, 0.15) is 18.9 Å². The number of benzene rings is 2. The SMILES string of the molecule is CC(c1nnc(-c2cccc(Cl)c2)o1)N1CCN(S(=O)(=O)c2ccc3[nH]c(=O)[nH]c3c2)CC1. The quantitative estimate of drug-likeness (QED) is 0.442. The number of fused-ring (bicyclic) bond motifs is 1. The standard InChI is InChI=1S/C21H21ClN6O4S/c1-13(19-25-26-20(32-19)14-3-2-4-15(22)11-14)27-7-9-28(10-8-27)33(30,31)16-5-6-17-18(12-16)24-21(29)23-17/h2-6,11-13H,7-10H2,1H3,(H2,23,24,29). The molecule has 0 saturated carbocycles. The molecule has 4 aromatic rings. The van der Waals surface area contributed by atoms with Crippen molar-refractivity contribution in [3.63, 3.8) is 0 Å². The van der Waals surface area contributed by atoms with E-state index in [1.54, 1.807) is 18.2 Å². The van der Waals surface area contributed by atoms with Crippen LogP contribution in [0.15, 0.2) is 56.6 Å². The van der Waals surface area contributed by atoms with E-state index >= 15 is 0 Å². The van der Waals surface area contributed by atoms with Crippen molar-refractivity contribution < 1.29 is 12.8 Å². The molecule has 10 nitrogen and oxygen atoms in total. The van der Waals surface area contributed by atoms with Crippen molar-refractivity contribution in [3.05, 3.63) is 63.9 Å². The van der Waals surface area contributed by atoms with Crippen LogP contribution in [0.25, 0.3) is 22.5 Å². The van der Waals surface area contributed by atoms with E-state index in [-0.39, 0.29) is 16.6 Å². The predicted octanol–water partition coefficient (Wildman–Crippen LogP) is 2.63. The fourth-order valence-electron chi connectivity index (χ4n) is 3.95. The van der Waals surface area contributed by atoms with Gasteiger partial charge in [0.15, 0.2) is 0 Å². The lowest BCUT2D eigenvalue weighted by molar-refractivity contribution is 0.129. The third-order valence-corrected chi connectivity index (χ3v) is 7.95. The second-order valence-corrected chi connectivity index (χ2v) is 10.2. The summed E-state index contributed by atoms with van der Waals surface area (Å²) in [5.74, 6) is 0.849. The Morgan fingerprint density at radius 2 is 1.79 bits per heavy atom. The lowest BCUT2D eigenvalue weighted by Gasteiger charge is -2.36. The molecule has 0 aliphatic carbocycles. The molecule has 2 N–H and O–H groups in total. The fourth-order valence-corrected chi connectivity index (χ4v) is 5.59. The van der Waals surface area contributed by atoms with Crippen molar-refractivity contribution in [2.75, 3.05) is 26.2 Å². The molecule has 3 heterocycles. The fraction of sp³-hybridized carbons (Fsp3) is 0.286. The summed E-state index contributed by atoms with van der Waals surface area (Å²) in [5.41, 5.74) is 1.39. The Bertz CT molecular complexity index is 1470. The van der Waals surface area contributed by atoms with Crippen molar-refractivity contribution in [1.29, 1.82) is 0 Å². The van der Waals surface area contributed by atoms with Crippen LogP contribution >= 0.6 is 11.6 Å². The zero-order chi connectivity index (χ0) is 23.2. The number of rotatable bonds is 5. The molecule has 5 rings (SSSR count). The van der Waals surface area contributed by atoms with E-state index in [9.17, 15) is 13.2 Å². The second kappa shape index (κ2) is 8.41. The Hall–Kier alpha value is -2.99. The number of halogens is 1. The highest BCUT2D eigenvalue weighted by Crippen LogP contribution is 2.27. The smallest absolute Gasteiger partial charge is 0.323 e. The number of H-pyrrole nitrogens is 2. The van der Waals surface area contributed by atoms with E-state index < -0.39 is 10.0 Å². The van der Waals surface area contributed by atoms with Crippen molar-refractivity contribution >= 4 is 32.7 Å². The molecular formula is C21H21ClN6O4S. The first-order valence-corrected chi connectivity index (χ1v) is 12.2. The molecule has 0 bridgehead atoms. The van der Waals surface area contributed by atoms with Gasteiger partial charge in [0.05, 0.1) is 22.0 Å². The molecule has 12 heteroatoms. The Morgan fingerprint density at radius 1 is 1.03 bits per heavy atom. The van der Waals surface area contributed by atoms with Crippen LogP contribution in [0, 0.1) is 0 Å². The Labute approximate surface area is 194 Å². The highest BCUT2D eigenvalue weighted by Gasteiger charge is 2.32. The minimum absolute atomic E-state index is 0.148. The summed E-state index contributed by atoms with van der Waals surface area (Å²) in [6.07, 6.45) is 0. The molecular weight excluding hydrogens is 468 g/mol. The van der Waals surface area contributed by atoms with Gasteiger partial charge in [-0.15, -0.1) is 10.2 Å². The largest absolute Gasteiger partial charge is 0.419 e. The van der Waals surface area contributed by atoms with Gasteiger partial charge in [0.25, 0.3) is 0 Å². The average molecular weight is 489 g/mol. The van der Waals surface area contributed by atoms with Crippen LogP contribution in [0.3, 0.4) is 0 Å². The number of sulfonamides is 1. The van der Waals surface area contributed by atoms with Crippen molar-refractivity contribution in [1.82, 2.24) is 29.4 Å². The van der Waals surface area contributed by atoms with Gasteiger partial charge in [-0.05, 0) is 43.3 Å². The lowest BCUT2D eigenvalue weighted by atomic mass is 10.2. The van der Waals surface area contributed by atoms with Crippen molar-refractivity contribution in [2.24, 2.45) is 0 Å². The Morgan fingerprint density at radius 3 is 2.55 bits per heavy atom. The van der Waals surface area contributed by atoms with Gasteiger partial charge in [0.2, 0.25) is 21.8 Å². The molecule has 33 heavy (non-hydrogen) atoms. The summed E-state index contributed by atoms with van der Waals surface area (Å²) in [7, 11) is -3.69. The zero-order valence-electron chi connectivity index (χ0n) is 17.7. The normalized spacial score (nSPS) is 16.9. The van der Waals surface area contributed by atoms with Crippen molar-refractivity contribution in [3.8, 4) is 11.5 Å². The average Bonchev–Trinajstić information content (AvgIpc) is 3.44. The molecule has 1 atom stereocenters. The number of hydrogen-bond acceptors (Lipinski definition) is 7. The van der Waals surface area contributed by atoms with Gasteiger partial charge in [-0.2, -0.15) is 4.31 Å². The molecule has 1 saturated heterocycles. The predicted molar refractivity (Wildman–Crippen MR) is 122 cm³/mol. The van der Waals surface area contributed by atoms with Gasteiger partial charge in [-0.1, -0.05) is 17.7 Å². The molecule has 1 aliphatic heterocycles. The topological polar surface area (TPSA) is 128 Å². The third kappa shape index (κ3) is 4.20. The van der Waals surface area contributed by atoms with Crippen LogP contribution in [-0.4, -0.2) is 64.0 Å². The van der Waals surface area contributed by atoms with E-state index in [0.717, 1.165) is 5.56 Å². The summed E-state index contributed by atoms with van der Waals surface area (Å²) >= 11 is 6.04. The number of nitrogens with one attached hydrogen (secondary N) is 2. The lowest BCUT2D eigenvalue weighted by Crippen LogP contribution is -2.49. The first-order valence-electron chi connectivity index (χ1n) is 10.4. The number of hydrogen-bond donors (Lipinski definition) is 2. The van der Waals surface area contributed by atoms with E-state index in [1.807, 2.05) is 19.1 Å². The van der Waals surface area contributed by atoms with Crippen LogP contribution in [0.2, 0.25) is 5.02 Å². The number of aromatic nitrogens is 4. The van der Waals surface area contributed by atoms with Gasteiger partial charge in [-0.3, -0.25) is 4.90 Å². The number of aromatic amines is 2. The maximum atomic E-state index is 13.1. The molecule has 0 radical (unpaired) electrons. The molecule has 0 spiro atoms. The maximum Gasteiger partial charge on any atom is 0.323 e. The Balaban J connectivity index is 1.28. The van der Waals surface area contributed by atoms with Gasteiger partial charge in [0, 0.05) is 36.8 Å². The molecule has 1 aliphatic rings.